The minimum Gasteiger partial charge on any atom is -0.348 e. The van der Waals surface area contributed by atoms with Crippen molar-refractivity contribution in [3.63, 3.8) is 0 Å². The summed E-state index contributed by atoms with van der Waals surface area (Å²) in [6, 6.07) is 8.96. The van der Waals surface area contributed by atoms with E-state index < -0.39 is 0 Å². The summed E-state index contributed by atoms with van der Waals surface area (Å²) in [4.78, 5) is 24.3. The Balaban J connectivity index is 2.48. The summed E-state index contributed by atoms with van der Waals surface area (Å²) in [5.74, 6) is 0.144. The van der Waals surface area contributed by atoms with Gasteiger partial charge in [0.15, 0.2) is 0 Å². The van der Waals surface area contributed by atoms with E-state index in [-0.39, 0.29) is 16.8 Å². The Bertz CT molecular complexity index is 349. The molecule has 0 saturated heterocycles. The third-order valence-electron chi connectivity index (χ3n) is 1.84. The molecular formula is C11H13NO2S. The van der Waals surface area contributed by atoms with Crippen molar-refractivity contribution in [1.29, 1.82) is 0 Å². The summed E-state index contributed by atoms with van der Waals surface area (Å²) >= 11 is 1.04. The second-order valence-corrected chi connectivity index (χ2v) is 4.18. The molecule has 1 rings (SSSR count). The van der Waals surface area contributed by atoms with E-state index in [0.717, 1.165) is 11.8 Å². The maximum Gasteiger partial charge on any atom is 0.232 e. The zero-order chi connectivity index (χ0) is 11.3. The van der Waals surface area contributed by atoms with Crippen molar-refractivity contribution in [3.8, 4) is 0 Å². The molecule has 0 heterocycles. The first kappa shape index (κ1) is 11.8. The van der Waals surface area contributed by atoms with Crippen LogP contribution in [0.25, 0.3) is 0 Å². The first-order valence-corrected chi connectivity index (χ1v) is 5.52. The maximum absolute atomic E-state index is 11.6. The second kappa shape index (κ2) is 5.56. The Kier molecular flexibility index (Phi) is 4.37. The number of thioether (sulfide) groups is 1. The Morgan fingerprint density at radius 3 is 2.33 bits per heavy atom. The van der Waals surface area contributed by atoms with Crippen LogP contribution in [-0.4, -0.2) is 35.8 Å². The Morgan fingerprint density at radius 1 is 1.20 bits per heavy atom. The van der Waals surface area contributed by atoms with Gasteiger partial charge in [-0.1, -0.05) is 42.1 Å². The highest BCUT2D eigenvalue weighted by Crippen LogP contribution is 2.12. The molecule has 0 atom stereocenters. The van der Waals surface area contributed by atoms with E-state index in [1.54, 1.807) is 26.2 Å². The SMILES string of the molecule is CN(C)C(=O)CSC(=O)c1ccccc1. The van der Waals surface area contributed by atoms with Gasteiger partial charge in [-0.2, -0.15) is 0 Å². The molecule has 0 aliphatic carbocycles. The van der Waals surface area contributed by atoms with Crippen LogP contribution in [0.15, 0.2) is 30.3 Å². The molecule has 0 aliphatic rings. The monoisotopic (exact) mass is 223 g/mol. The van der Waals surface area contributed by atoms with Gasteiger partial charge in [0, 0.05) is 19.7 Å². The topological polar surface area (TPSA) is 37.4 Å². The van der Waals surface area contributed by atoms with Crippen molar-refractivity contribution >= 4 is 22.8 Å². The van der Waals surface area contributed by atoms with E-state index >= 15 is 0 Å². The largest absolute Gasteiger partial charge is 0.348 e. The van der Waals surface area contributed by atoms with Gasteiger partial charge in [0.1, 0.15) is 0 Å². The molecule has 0 aromatic heterocycles. The lowest BCUT2D eigenvalue weighted by Crippen LogP contribution is -2.24. The number of carbonyl (C=O) groups is 2. The minimum absolute atomic E-state index is 0.0516. The number of hydrogen-bond donors (Lipinski definition) is 0. The van der Waals surface area contributed by atoms with Crippen molar-refractivity contribution in [2.45, 2.75) is 0 Å². The van der Waals surface area contributed by atoms with Crippen molar-refractivity contribution in [2.75, 3.05) is 19.8 Å². The molecule has 0 bridgehead atoms. The van der Waals surface area contributed by atoms with E-state index in [9.17, 15) is 9.59 Å². The molecule has 15 heavy (non-hydrogen) atoms. The van der Waals surface area contributed by atoms with Crippen LogP contribution in [0.5, 0.6) is 0 Å². The molecule has 0 radical (unpaired) electrons. The van der Waals surface area contributed by atoms with Crippen LogP contribution in [-0.2, 0) is 4.79 Å². The third-order valence-corrected chi connectivity index (χ3v) is 2.72. The number of carbonyl (C=O) groups excluding carboxylic acids is 2. The fraction of sp³-hybridized carbons (Fsp3) is 0.273. The van der Waals surface area contributed by atoms with Crippen LogP contribution < -0.4 is 0 Å². The summed E-state index contributed by atoms with van der Waals surface area (Å²) in [5, 5.41) is -0.0641. The third kappa shape index (κ3) is 3.75. The summed E-state index contributed by atoms with van der Waals surface area (Å²) in [6.07, 6.45) is 0. The van der Waals surface area contributed by atoms with Gasteiger partial charge >= 0.3 is 0 Å². The van der Waals surface area contributed by atoms with Crippen LogP contribution in [0.1, 0.15) is 10.4 Å². The molecule has 0 aliphatic heterocycles. The summed E-state index contributed by atoms with van der Waals surface area (Å²) in [5.41, 5.74) is 0.633. The average molecular weight is 223 g/mol. The second-order valence-electron chi connectivity index (χ2n) is 3.23. The van der Waals surface area contributed by atoms with Crippen LogP contribution in [0, 0.1) is 0 Å². The van der Waals surface area contributed by atoms with E-state index in [1.165, 1.54) is 4.90 Å². The van der Waals surface area contributed by atoms with E-state index in [4.69, 9.17) is 0 Å². The molecule has 3 nitrogen and oxygen atoms in total. The van der Waals surface area contributed by atoms with Gasteiger partial charge in [-0.3, -0.25) is 9.59 Å². The molecule has 1 amide bonds. The molecule has 1 aromatic rings. The lowest BCUT2D eigenvalue weighted by atomic mass is 10.2. The molecule has 0 unspecified atom stereocenters. The molecule has 0 saturated carbocycles. The fourth-order valence-electron chi connectivity index (χ4n) is 0.914. The van der Waals surface area contributed by atoms with Crippen LogP contribution in [0.2, 0.25) is 0 Å². The average Bonchev–Trinajstić information content (AvgIpc) is 2.26. The highest BCUT2D eigenvalue weighted by atomic mass is 32.2. The van der Waals surface area contributed by atoms with Crippen LogP contribution in [0.4, 0.5) is 0 Å². The van der Waals surface area contributed by atoms with Crippen LogP contribution >= 0.6 is 11.8 Å². The number of rotatable bonds is 3. The number of hydrogen-bond acceptors (Lipinski definition) is 3. The van der Waals surface area contributed by atoms with Gasteiger partial charge in [-0.05, 0) is 0 Å². The van der Waals surface area contributed by atoms with Crippen LogP contribution in [0.3, 0.4) is 0 Å². The predicted molar refractivity (Wildman–Crippen MR) is 61.9 cm³/mol. The lowest BCUT2D eigenvalue weighted by Gasteiger charge is -2.08. The first-order chi connectivity index (χ1) is 7.11. The standard InChI is InChI=1S/C11H13NO2S/c1-12(2)10(13)8-15-11(14)9-6-4-3-5-7-9/h3-7H,8H2,1-2H3. The minimum atomic E-state index is -0.0641. The maximum atomic E-state index is 11.6. The zero-order valence-electron chi connectivity index (χ0n) is 8.77. The van der Waals surface area contributed by atoms with Gasteiger partial charge in [-0.15, -0.1) is 0 Å². The normalized spacial score (nSPS) is 9.73. The molecular weight excluding hydrogens is 210 g/mol. The fourth-order valence-corrected chi connectivity index (χ4v) is 1.73. The van der Waals surface area contributed by atoms with Crippen molar-refractivity contribution in [2.24, 2.45) is 0 Å². The molecule has 0 N–H and O–H groups in total. The molecule has 4 heteroatoms. The Morgan fingerprint density at radius 2 is 1.80 bits per heavy atom. The van der Waals surface area contributed by atoms with Gasteiger partial charge in [-0.25, -0.2) is 0 Å². The van der Waals surface area contributed by atoms with Gasteiger partial charge < -0.3 is 4.90 Å². The smallest absolute Gasteiger partial charge is 0.232 e. The van der Waals surface area contributed by atoms with Gasteiger partial charge in [0.25, 0.3) is 0 Å². The number of benzene rings is 1. The van der Waals surface area contributed by atoms with Gasteiger partial charge in [0.05, 0.1) is 5.75 Å². The van der Waals surface area contributed by atoms with Crippen molar-refractivity contribution in [3.05, 3.63) is 35.9 Å². The van der Waals surface area contributed by atoms with Gasteiger partial charge in [0.2, 0.25) is 11.0 Å². The summed E-state index contributed by atoms with van der Waals surface area (Å²) in [6.45, 7) is 0. The highest BCUT2D eigenvalue weighted by molar-refractivity contribution is 8.14. The quantitative estimate of drug-likeness (QED) is 0.782. The van der Waals surface area contributed by atoms with E-state index in [1.807, 2.05) is 18.2 Å². The zero-order valence-corrected chi connectivity index (χ0v) is 9.58. The molecule has 0 spiro atoms. The van der Waals surface area contributed by atoms with Crippen molar-refractivity contribution < 1.29 is 9.59 Å². The van der Waals surface area contributed by atoms with Crippen molar-refractivity contribution in [1.82, 2.24) is 4.90 Å². The number of nitrogens with zero attached hydrogens (tertiary/aromatic N) is 1. The summed E-state index contributed by atoms with van der Waals surface area (Å²) in [7, 11) is 3.35. The molecule has 0 fully saturated rings. The predicted octanol–water partition coefficient (Wildman–Crippen LogP) is 1.65. The summed E-state index contributed by atoms with van der Waals surface area (Å²) < 4.78 is 0. The van der Waals surface area contributed by atoms with E-state index in [0.29, 0.717) is 5.56 Å². The Hall–Kier alpha value is -1.29. The Labute approximate surface area is 93.5 Å². The number of amides is 1. The highest BCUT2D eigenvalue weighted by Gasteiger charge is 2.10. The van der Waals surface area contributed by atoms with E-state index in [2.05, 4.69) is 0 Å². The lowest BCUT2D eigenvalue weighted by molar-refractivity contribution is -0.125. The molecule has 1 aromatic carbocycles. The first-order valence-electron chi connectivity index (χ1n) is 4.53. The molecule has 80 valence electrons.